The van der Waals surface area contributed by atoms with Gasteiger partial charge in [-0.05, 0) is 32.9 Å². The Bertz CT molecular complexity index is 172. The molecular weight excluding hydrogens is 174 g/mol. The Balaban J connectivity index is 4.97. The zero-order valence-corrected chi connectivity index (χ0v) is 10.8. The van der Waals surface area contributed by atoms with Crippen molar-refractivity contribution < 1.29 is 0 Å². The van der Waals surface area contributed by atoms with Crippen LogP contribution >= 0.6 is 0 Å². The van der Waals surface area contributed by atoms with Crippen LogP contribution in [0.15, 0.2) is 0 Å². The first-order chi connectivity index (χ1) is 6.20. The van der Waals surface area contributed by atoms with Crippen LogP contribution < -0.4 is 11.3 Å². The van der Waals surface area contributed by atoms with E-state index in [0.29, 0.717) is 0 Å². The molecule has 2 atom stereocenters. The number of nitrogens with two attached hydrogens (primary N) is 1. The monoisotopic (exact) mass is 201 g/mol. The molecule has 0 amide bonds. The van der Waals surface area contributed by atoms with Gasteiger partial charge >= 0.3 is 0 Å². The number of likely N-dealkylation sites (N-methyl/N-ethyl adjacent to an activating group) is 1. The molecule has 0 bridgehead atoms. The summed E-state index contributed by atoms with van der Waals surface area (Å²) in [6, 6.07) is 0.273. The molecule has 14 heavy (non-hydrogen) atoms. The molecule has 0 aromatic rings. The smallest absolute Gasteiger partial charge is 0.0440 e. The SMILES string of the molecule is CCC(C)(C(NN)C(C)(C)C)N(C)C. The second kappa shape index (κ2) is 4.60. The van der Waals surface area contributed by atoms with E-state index >= 15 is 0 Å². The van der Waals surface area contributed by atoms with E-state index in [4.69, 9.17) is 5.84 Å². The summed E-state index contributed by atoms with van der Waals surface area (Å²) >= 11 is 0. The fraction of sp³-hybridized carbons (Fsp3) is 1.00. The molecule has 2 unspecified atom stereocenters. The van der Waals surface area contributed by atoms with Crippen molar-refractivity contribution in [1.29, 1.82) is 0 Å². The first-order valence-corrected chi connectivity index (χ1v) is 5.33. The highest BCUT2D eigenvalue weighted by Gasteiger charge is 2.40. The molecule has 0 radical (unpaired) electrons. The average Bonchev–Trinajstić information content (AvgIpc) is 2.02. The summed E-state index contributed by atoms with van der Waals surface area (Å²) in [7, 11) is 4.22. The molecule has 0 saturated carbocycles. The molecule has 0 heterocycles. The molecule has 0 aromatic heterocycles. The number of hydrogen-bond acceptors (Lipinski definition) is 3. The molecule has 0 aliphatic rings. The van der Waals surface area contributed by atoms with Gasteiger partial charge in [0.25, 0.3) is 0 Å². The summed E-state index contributed by atoms with van der Waals surface area (Å²) in [6.07, 6.45) is 1.08. The van der Waals surface area contributed by atoms with Crippen LogP contribution in [0.25, 0.3) is 0 Å². The molecule has 0 aromatic carbocycles. The maximum absolute atomic E-state index is 5.68. The van der Waals surface area contributed by atoms with Crippen LogP contribution in [0.1, 0.15) is 41.0 Å². The molecule has 3 nitrogen and oxygen atoms in total. The van der Waals surface area contributed by atoms with E-state index in [-0.39, 0.29) is 17.0 Å². The fourth-order valence-corrected chi connectivity index (χ4v) is 2.14. The van der Waals surface area contributed by atoms with Crippen molar-refractivity contribution in [2.45, 2.75) is 52.6 Å². The molecule has 0 rings (SSSR count). The van der Waals surface area contributed by atoms with Gasteiger partial charge < -0.3 is 4.90 Å². The van der Waals surface area contributed by atoms with E-state index in [9.17, 15) is 0 Å². The number of hydrazine groups is 1. The Kier molecular flexibility index (Phi) is 4.56. The molecule has 0 aliphatic carbocycles. The first kappa shape index (κ1) is 13.9. The third-order valence-corrected chi connectivity index (χ3v) is 3.39. The predicted octanol–water partition coefficient (Wildman–Crippen LogP) is 1.59. The van der Waals surface area contributed by atoms with Crippen molar-refractivity contribution in [2.24, 2.45) is 11.3 Å². The van der Waals surface area contributed by atoms with Crippen LogP contribution in [0.3, 0.4) is 0 Å². The standard InChI is InChI=1S/C11H27N3/c1-8-11(5,14(6)7)9(13-12)10(2,3)4/h9,13H,8,12H2,1-7H3. The van der Waals surface area contributed by atoms with Crippen molar-refractivity contribution in [1.82, 2.24) is 10.3 Å². The van der Waals surface area contributed by atoms with Crippen molar-refractivity contribution in [3.63, 3.8) is 0 Å². The van der Waals surface area contributed by atoms with Crippen LogP contribution in [0, 0.1) is 5.41 Å². The largest absolute Gasteiger partial charge is 0.302 e. The van der Waals surface area contributed by atoms with Gasteiger partial charge in [-0.1, -0.05) is 27.7 Å². The molecule has 0 saturated heterocycles. The Hall–Kier alpha value is -0.120. The summed E-state index contributed by atoms with van der Waals surface area (Å²) in [5.41, 5.74) is 3.22. The van der Waals surface area contributed by atoms with E-state index in [1.54, 1.807) is 0 Å². The minimum Gasteiger partial charge on any atom is -0.302 e. The normalized spacial score (nSPS) is 19.5. The molecular formula is C11H27N3. The second-order valence-corrected chi connectivity index (χ2v) is 5.57. The van der Waals surface area contributed by atoms with Crippen molar-refractivity contribution in [3.05, 3.63) is 0 Å². The summed E-state index contributed by atoms with van der Waals surface area (Å²) in [5, 5.41) is 0. The zero-order valence-electron chi connectivity index (χ0n) is 10.8. The predicted molar refractivity (Wildman–Crippen MR) is 62.9 cm³/mol. The lowest BCUT2D eigenvalue weighted by Gasteiger charge is -2.48. The Morgan fingerprint density at radius 2 is 1.64 bits per heavy atom. The highest BCUT2D eigenvalue weighted by Crippen LogP contribution is 2.32. The lowest BCUT2D eigenvalue weighted by molar-refractivity contribution is 0.0542. The second-order valence-electron chi connectivity index (χ2n) is 5.57. The summed E-state index contributed by atoms with van der Waals surface area (Å²) < 4.78 is 0. The Morgan fingerprint density at radius 3 is 1.71 bits per heavy atom. The van der Waals surface area contributed by atoms with Gasteiger partial charge in [0, 0.05) is 11.6 Å². The lowest BCUT2D eigenvalue weighted by Crippen LogP contribution is -2.63. The van der Waals surface area contributed by atoms with Gasteiger partial charge in [-0.25, -0.2) is 0 Å². The highest BCUT2D eigenvalue weighted by atomic mass is 15.3. The third-order valence-electron chi connectivity index (χ3n) is 3.39. The van der Waals surface area contributed by atoms with Gasteiger partial charge in [0.05, 0.1) is 0 Å². The fourth-order valence-electron chi connectivity index (χ4n) is 2.14. The van der Waals surface area contributed by atoms with Gasteiger partial charge in [-0.3, -0.25) is 11.3 Å². The van der Waals surface area contributed by atoms with E-state index in [1.807, 2.05) is 0 Å². The van der Waals surface area contributed by atoms with Gasteiger partial charge in [0.15, 0.2) is 0 Å². The Morgan fingerprint density at radius 1 is 1.21 bits per heavy atom. The summed E-state index contributed by atoms with van der Waals surface area (Å²) in [5.74, 6) is 5.68. The van der Waals surface area contributed by atoms with Crippen molar-refractivity contribution in [2.75, 3.05) is 14.1 Å². The Labute approximate surface area is 89.0 Å². The van der Waals surface area contributed by atoms with Gasteiger partial charge in [-0.2, -0.15) is 0 Å². The number of hydrogen-bond donors (Lipinski definition) is 2. The molecule has 0 spiro atoms. The minimum absolute atomic E-state index is 0.0903. The van der Waals surface area contributed by atoms with Crippen LogP contribution in [-0.2, 0) is 0 Å². The van der Waals surface area contributed by atoms with E-state index in [0.717, 1.165) is 6.42 Å². The number of nitrogens with zero attached hydrogens (tertiary/aromatic N) is 1. The number of nitrogens with one attached hydrogen (secondary N) is 1. The first-order valence-electron chi connectivity index (χ1n) is 5.33. The van der Waals surface area contributed by atoms with Gasteiger partial charge in [-0.15, -0.1) is 0 Å². The van der Waals surface area contributed by atoms with Gasteiger partial charge in [0.1, 0.15) is 0 Å². The van der Waals surface area contributed by atoms with E-state index in [2.05, 4.69) is 59.0 Å². The van der Waals surface area contributed by atoms with E-state index in [1.165, 1.54) is 0 Å². The summed E-state index contributed by atoms with van der Waals surface area (Å²) in [4.78, 5) is 2.25. The van der Waals surface area contributed by atoms with Crippen LogP contribution in [0.4, 0.5) is 0 Å². The molecule has 3 heteroatoms. The van der Waals surface area contributed by atoms with Crippen molar-refractivity contribution in [3.8, 4) is 0 Å². The molecule has 0 aliphatic heterocycles. The number of rotatable bonds is 4. The highest BCUT2D eigenvalue weighted by molar-refractivity contribution is 4.99. The maximum Gasteiger partial charge on any atom is 0.0440 e. The van der Waals surface area contributed by atoms with Crippen LogP contribution in [-0.4, -0.2) is 30.6 Å². The van der Waals surface area contributed by atoms with Gasteiger partial charge in [0.2, 0.25) is 0 Å². The minimum atomic E-state index is 0.0903. The molecule has 3 N–H and O–H groups in total. The topological polar surface area (TPSA) is 41.3 Å². The molecule has 0 fully saturated rings. The lowest BCUT2D eigenvalue weighted by atomic mass is 9.73. The maximum atomic E-state index is 5.68. The van der Waals surface area contributed by atoms with Crippen LogP contribution in [0.2, 0.25) is 0 Å². The third kappa shape index (κ3) is 2.69. The summed E-state index contributed by atoms with van der Waals surface area (Å²) in [6.45, 7) is 11.1. The molecule has 86 valence electrons. The van der Waals surface area contributed by atoms with Crippen LogP contribution in [0.5, 0.6) is 0 Å². The van der Waals surface area contributed by atoms with Crippen molar-refractivity contribution >= 4 is 0 Å². The zero-order chi connectivity index (χ0) is 11.6. The quantitative estimate of drug-likeness (QED) is 0.536. The average molecular weight is 201 g/mol. The van der Waals surface area contributed by atoms with E-state index < -0.39 is 0 Å².